The van der Waals surface area contributed by atoms with E-state index in [4.69, 9.17) is 12.2 Å². The van der Waals surface area contributed by atoms with Gasteiger partial charge in [0.2, 0.25) is 0 Å². The summed E-state index contributed by atoms with van der Waals surface area (Å²) in [6, 6.07) is 11.1. The molecule has 74 valence electrons. The summed E-state index contributed by atoms with van der Waals surface area (Å²) in [6.07, 6.45) is 1.19. The van der Waals surface area contributed by atoms with Crippen LogP contribution >= 0.6 is 12.2 Å². The first kappa shape index (κ1) is 9.46. The lowest BCUT2D eigenvalue weighted by Gasteiger charge is -2.05. The first-order chi connectivity index (χ1) is 6.81. The van der Waals surface area contributed by atoms with Crippen molar-refractivity contribution >= 4 is 17.3 Å². The molecule has 0 aromatic heterocycles. The second-order valence-electron chi connectivity index (χ2n) is 3.58. The van der Waals surface area contributed by atoms with Gasteiger partial charge in [-0.2, -0.15) is 0 Å². The fourth-order valence-corrected chi connectivity index (χ4v) is 1.82. The van der Waals surface area contributed by atoms with Crippen LogP contribution in [0.2, 0.25) is 0 Å². The highest BCUT2D eigenvalue weighted by atomic mass is 32.1. The number of hydrogen-bond donors (Lipinski definition) is 2. The van der Waals surface area contributed by atoms with Crippen LogP contribution in [-0.4, -0.2) is 18.2 Å². The highest BCUT2D eigenvalue weighted by Crippen LogP contribution is 2.40. The largest absolute Gasteiger partial charge is 0.366 e. The maximum Gasteiger partial charge on any atom is 0.166 e. The van der Waals surface area contributed by atoms with E-state index in [1.807, 2.05) is 13.1 Å². The summed E-state index contributed by atoms with van der Waals surface area (Å²) in [5.41, 5.74) is 1.41. The molecule has 0 amide bonds. The lowest BCUT2D eigenvalue weighted by atomic mass is 10.1. The van der Waals surface area contributed by atoms with E-state index in [-0.39, 0.29) is 0 Å². The third-order valence-corrected chi connectivity index (χ3v) is 2.88. The van der Waals surface area contributed by atoms with Crippen LogP contribution in [-0.2, 0) is 0 Å². The van der Waals surface area contributed by atoms with E-state index in [1.54, 1.807) is 0 Å². The summed E-state index contributed by atoms with van der Waals surface area (Å²) >= 11 is 5.05. The van der Waals surface area contributed by atoms with Gasteiger partial charge in [-0.3, -0.25) is 0 Å². The van der Waals surface area contributed by atoms with Crippen molar-refractivity contribution in [3.63, 3.8) is 0 Å². The summed E-state index contributed by atoms with van der Waals surface area (Å²) in [5, 5.41) is 6.94. The van der Waals surface area contributed by atoms with Crippen molar-refractivity contribution < 1.29 is 0 Å². The van der Waals surface area contributed by atoms with Crippen LogP contribution in [0.15, 0.2) is 30.3 Å². The Balaban J connectivity index is 1.91. The molecular weight excluding hydrogens is 192 g/mol. The molecule has 0 spiro atoms. The van der Waals surface area contributed by atoms with E-state index in [0.29, 0.717) is 12.0 Å². The molecule has 0 aliphatic heterocycles. The number of nitrogens with one attached hydrogen (secondary N) is 2. The zero-order valence-electron chi connectivity index (χ0n) is 8.16. The molecular formula is C11H14N2S. The molecule has 0 bridgehead atoms. The molecule has 1 aromatic rings. The Morgan fingerprint density at radius 3 is 2.71 bits per heavy atom. The molecule has 2 N–H and O–H groups in total. The average molecular weight is 206 g/mol. The molecule has 2 atom stereocenters. The molecule has 1 aromatic carbocycles. The topological polar surface area (TPSA) is 24.1 Å². The van der Waals surface area contributed by atoms with Crippen LogP contribution in [0.3, 0.4) is 0 Å². The Hall–Kier alpha value is -1.09. The van der Waals surface area contributed by atoms with Crippen molar-refractivity contribution in [3.05, 3.63) is 35.9 Å². The maximum atomic E-state index is 5.05. The Morgan fingerprint density at radius 1 is 1.36 bits per heavy atom. The van der Waals surface area contributed by atoms with Crippen LogP contribution < -0.4 is 10.6 Å². The number of thiocarbonyl (C=S) groups is 1. The van der Waals surface area contributed by atoms with Gasteiger partial charge in [0.15, 0.2) is 5.11 Å². The third-order valence-electron chi connectivity index (χ3n) is 2.56. The minimum atomic E-state index is 0.525. The Morgan fingerprint density at radius 2 is 2.07 bits per heavy atom. The van der Waals surface area contributed by atoms with Gasteiger partial charge in [0.1, 0.15) is 0 Å². The fourth-order valence-electron chi connectivity index (χ4n) is 1.66. The van der Waals surface area contributed by atoms with Crippen molar-refractivity contribution in [2.24, 2.45) is 0 Å². The van der Waals surface area contributed by atoms with E-state index >= 15 is 0 Å². The highest BCUT2D eigenvalue weighted by Gasteiger charge is 2.38. The zero-order chi connectivity index (χ0) is 9.97. The van der Waals surface area contributed by atoms with Gasteiger partial charge in [-0.15, -0.1) is 0 Å². The van der Waals surface area contributed by atoms with Crippen LogP contribution in [0.4, 0.5) is 0 Å². The SMILES string of the molecule is CNC(=S)NC1CC1c1ccccc1. The summed E-state index contributed by atoms with van der Waals surface area (Å²) in [7, 11) is 1.84. The monoisotopic (exact) mass is 206 g/mol. The molecule has 2 unspecified atom stereocenters. The van der Waals surface area contributed by atoms with E-state index in [2.05, 4.69) is 34.9 Å². The lowest BCUT2D eigenvalue weighted by molar-refractivity contribution is 0.851. The molecule has 3 heteroatoms. The highest BCUT2D eigenvalue weighted by molar-refractivity contribution is 7.80. The van der Waals surface area contributed by atoms with Gasteiger partial charge in [-0.25, -0.2) is 0 Å². The van der Waals surface area contributed by atoms with Crippen LogP contribution in [0.5, 0.6) is 0 Å². The molecule has 2 rings (SSSR count). The van der Waals surface area contributed by atoms with Gasteiger partial charge < -0.3 is 10.6 Å². The van der Waals surface area contributed by atoms with Crippen molar-refractivity contribution in [1.29, 1.82) is 0 Å². The number of hydrogen-bond acceptors (Lipinski definition) is 1. The van der Waals surface area contributed by atoms with Crippen molar-refractivity contribution in [3.8, 4) is 0 Å². The zero-order valence-corrected chi connectivity index (χ0v) is 8.97. The quantitative estimate of drug-likeness (QED) is 0.719. The van der Waals surface area contributed by atoms with Crippen molar-refractivity contribution in [2.75, 3.05) is 7.05 Å². The third kappa shape index (κ3) is 2.04. The standard InChI is InChI=1S/C11H14N2S/c1-12-11(14)13-10-7-9(10)8-5-3-2-4-6-8/h2-6,9-10H,7H2,1H3,(H2,12,13,14). The Bertz CT molecular complexity index is 323. The lowest BCUT2D eigenvalue weighted by Crippen LogP contribution is -2.34. The molecule has 1 saturated carbocycles. The van der Waals surface area contributed by atoms with Gasteiger partial charge in [-0.05, 0) is 24.2 Å². The molecule has 1 aliphatic carbocycles. The Labute approximate surface area is 89.7 Å². The van der Waals surface area contributed by atoms with Crippen molar-refractivity contribution in [2.45, 2.75) is 18.4 Å². The molecule has 0 heterocycles. The van der Waals surface area contributed by atoms with Crippen molar-refractivity contribution in [1.82, 2.24) is 10.6 Å². The normalized spacial score (nSPS) is 24.1. The van der Waals surface area contributed by atoms with Gasteiger partial charge in [0.25, 0.3) is 0 Å². The average Bonchev–Trinajstić information content (AvgIpc) is 2.98. The molecule has 14 heavy (non-hydrogen) atoms. The van der Waals surface area contributed by atoms with Gasteiger partial charge in [-0.1, -0.05) is 30.3 Å². The molecule has 0 saturated heterocycles. The second-order valence-corrected chi connectivity index (χ2v) is 3.99. The first-order valence-corrected chi connectivity index (χ1v) is 5.25. The summed E-state index contributed by atoms with van der Waals surface area (Å²) in [5.74, 6) is 0.641. The predicted octanol–water partition coefficient (Wildman–Crippen LogP) is 1.64. The number of rotatable bonds is 2. The van der Waals surface area contributed by atoms with Gasteiger partial charge in [0, 0.05) is 19.0 Å². The molecule has 1 fully saturated rings. The summed E-state index contributed by atoms with van der Waals surface area (Å²) in [4.78, 5) is 0. The van der Waals surface area contributed by atoms with E-state index in [1.165, 1.54) is 12.0 Å². The van der Waals surface area contributed by atoms with Gasteiger partial charge in [0.05, 0.1) is 0 Å². The maximum absolute atomic E-state index is 5.05. The molecule has 2 nitrogen and oxygen atoms in total. The van der Waals surface area contributed by atoms with Gasteiger partial charge >= 0.3 is 0 Å². The number of benzene rings is 1. The van der Waals surface area contributed by atoms with Crippen LogP contribution in [0.25, 0.3) is 0 Å². The second kappa shape index (κ2) is 3.96. The van der Waals surface area contributed by atoms with Crippen LogP contribution in [0, 0.1) is 0 Å². The summed E-state index contributed by atoms with van der Waals surface area (Å²) < 4.78 is 0. The smallest absolute Gasteiger partial charge is 0.166 e. The summed E-state index contributed by atoms with van der Waals surface area (Å²) in [6.45, 7) is 0. The molecule has 1 aliphatic rings. The molecule has 0 radical (unpaired) electrons. The van der Waals surface area contributed by atoms with E-state index < -0.39 is 0 Å². The van der Waals surface area contributed by atoms with E-state index in [0.717, 1.165) is 5.11 Å². The first-order valence-electron chi connectivity index (χ1n) is 4.84. The fraction of sp³-hybridized carbons (Fsp3) is 0.364. The predicted molar refractivity (Wildman–Crippen MR) is 62.4 cm³/mol. The minimum Gasteiger partial charge on any atom is -0.366 e. The van der Waals surface area contributed by atoms with Crippen LogP contribution in [0.1, 0.15) is 17.9 Å². The minimum absolute atomic E-state index is 0.525. The van der Waals surface area contributed by atoms with E-state index in [9.17, 15) is 0 Å². The Kier molecular flexibility index (Phi) is 2.68.